The van der Waals surface area contributed by atoms with Crippen LogP contribution in [0, 0.1) is 41.4 Å². The monoisotopic (exact) mass is 410 g/mol. The van der Waals surface area contributed by atoms with Crippen LogP contribution in [-0.4, -0.2) is 29.6 Å². The van der Waals surface area contributed by atoms with Gasteiger partial charge in [0.25, 0.3) is 0 Å². The Morgan fingerprint density at radius 3 is 1.87 bits per heavy atom. The van der Waals surface area contributed by atoms with Gasteiger partial charge in [-0.15, -0.1) is 0 Å². The van der Waals surface area contributed by atoms with Crippen LogP contribution in [0.15, 0.2) is 46.8 Å². The average Bonchev–Trinajstić information content (AvgIpc) is 3.15. The standard InChI is InChI=1S/C28H46N2/c1-18(2)23-11-10-12-24(19(3)4)27(23)29-15-16-30(17-29)28-25(20(5)6)14-13-22(9)26(28)21(7)8/h10-11,13-14,18-22,24,26H,12,15-17H2,1-9H3. The molecule has 2 aliphatic carbocycles. The van der Waals surface area contributed by atoms with Gasteiger partial charge < -0.3 is 9.80 Å². The molecule has 0 N–H and O–H groups in total. The molecule has 0 bridgehead atoms. The Morgan fingerprint density at radius 1 is 0.767 bits per heavy atom. The molecule has 0 aromatic rings. The lowest BCUT2D eigenvalue weighted by Gasteiger charge is -2.40. The van der Waals surface area contributed by atoms with E-state index < -0.39 is 0 Å². The molecular weight excluding hydrogens is 364 g/mol. The fourth-order valence-electron chi connectivity index (χ4n) is 5.93. The highest BCUT2D eigenvalue weighted by molar-refractivity contribution is 5.36. The van der Waals surface area contributed by atoms with Gasteiger partial charge in [0.2, 0.25) is 0 Å². The van der Waals surface area contributed by atoms with Crippen LogP contribution in [-0.2, 0) is 0 Å². The minimum Gasteiger partial charge on any atom is -0.355 e. The van der Waals surface area contributed by atoms with Gasteiger partial charge in [0.1, 0.15) is 0 Å². The molecular formula is C28H46N2. The molecule has 3 atom stereocenters. The van der Waals surface area contributed by atoms with E-state index in [9.17, 15) is 0 Å². The fourth-order valence-corrected chi connectivity index (χ4v) is 5.93. The van der Waals surface area contributed by atoms with Gasteiger partial charge in [-0.05, 0) is 47.2 Å². The van der Waals surface area contributed by atoms with Crippen molar-refractivity contribution in [3.8, 4) is 0 Å². The van der Waals surface area contributed by atoms with Crippen LogP contribution in [0.5, 0.6) is 0 Å². The fraction of sp³-hybridized carbons (Fsp3) is 0.714. The third-order valence-electron chi connectivity index (χ3n) is 7.52. The molecule has 0 radical (unpaired) electrons. The summed E-state index contributed by atoms with van der Waals surface area (Å²) in [6.45, 7) is 24.8. The highest BCUT2D eigenvalue weighted by Gasteiger charge is 2.37. The van der Waals surface area contributed by atoms with Crippen LogP contribution < -0.4 is 0 Å². The van der Waals surface area contributed by atoms with Crippen molar-refractivity contribution in [2.45, 2.75) is 68.7 Å². The minimum absolute atomic E-state index is 0.575. The lowest BCUT2D eigenvalue weighted by atomic mass is 9.75. The Bertz CT molecular complexity index is 732. The van der Waals surface area contributed by atoms with E-state index in [-0.39, 0.29) is 0 Å². The lowest BCUT2D eigenvalue weighted by Crippen LogP contribution is -2.37. The predicted molar refractivity (Wildman–Crippen MR) is 131 cm³/mol. The molecule has 3 unspecified atom stereocenters. The van der Waals surface area contributed by atoms with Gasteiger partial charge in [-0.2, -0.15) is 0 Å². The highest BCUT2D eigenvalue weighted by atomic mass is 15.4. The first kappa shape index (κ1) is 23.2. The zero-order valence-electron chi connectivity index (χ0n) is 21.1. The first-order valence-corrected chi connectivity index (χ1v) is 12.5. The molecule has 168 valence electrons. The maximum Gasteiger partial charge on any atom is 0.0899 e. The van der Waals surface area contributed by atoms with E-state index in [0.29, 0.717) is 41.4 Å². The molecule has 1 fully saturated rings. The summed E-state index contributed by atoms with van der Waals surface area (Å²) in [5, 5.41) is 0. The highest BCUT2D eigenvalue weighted by Crippen LogP contribution is 2.42. The zero-order valence-corrected chi connectivity index (χ0v) is 21.1. The summed E-state index contributed by atoms with van der Waals surface area (Å²) in [5.41, 5.74) is 6.40. The van der Waals surface area contributed by atoms with Gasteiger partial charge in [-0.3, -0.25) is 0 Å². The number of rotatable bonds is 6. The molecule has 1 heterocycles. The van der Waals surface area contributed by atoms with E-state index in [1.807, 2.05) is 0 Å². The zero-order chi connectivity index (χ0) is 22.2. The SMILES string of the molecule is CC(C)C1=C(N2CCN(C3=C(C(C)C)C=CC(C)C3C(C)C)C2)C(C(C)C)CC=C1. The summed E-state index contributed by atoms with van der Waals surface area (Å²) < 4.78 is 0. The van der Waals surface area contributed by atoms with Gasteiger partial charge in [0, 0.05) is 36.3 Å². The quantitative estimate of drug-likeness (QED) is 0.461. The molecule has 0 amide bonds. The van der Waals surface area contributed by atoms with Crippen molar-refractivity contribution in [3.63, 3.8) is 0 Å². The molecule has 3 rings (SSSR count). The summed E-state index contributed by atoms with van der Waals surface area (Å²) in [5.74, 6) is 4.38. The van der Waals surface area contributed by atoms with E-state index >= 15 is 0 Å². The third kappa shape index (κ3) is 4.43. The lowest BCUT2D eigenvalue weighted by molar-refractivity contribution is 0.223. The summed E-state index contributed by atoms with van der Waals surface area (Å²) in [4.78, 5) is 5.47. The topological polar surface area (TPSA) is 6.48 Å². The van der Waals surface area contributed by atoms with Gasteiger partial charge >= 0.3 is 0 Å². The van der Waals surface area contributed by atoms with E-state index in [0.717, 1.165) is 19.8 Å². The van der Waals surface area contributed by atoms with Crippen LogP contribution >= 0.6 is 0 Å². The molecule has 0 spiro atoms. The molecule has 2 heteroatoms. The van der Waals surface area contributed by atoms with Crippen LogP contribution in [0.2, 0.25) is 0 Å². The van der Waals surface area contributed by atoms with Crippen molar-refractivity contribution in [2.75, 3.05) is 19.8 Å². The third-order valence-corrected chi connectivity index (χ3v) is 7.52. The normalized spacial score (nSPS) is 27.8. The Kier molecular flexibility index (Phi) is 7.25. The predicted octanol–water partition coefficient (Wildman–Crippen LogP) is 7.09. The van der Waals surface area contributed by atoms with E-state index in [4.69, 9.17) is 0 Å². The molecule has 30 heavy (non-hydrogen) atoms. The smallest absolute Gasteiger partial charge is 0.0899 e. The first-order valence-electron chi connectivity index (χ1n) is 12.5. The van der Waals surface area contributed by atoms with Crippen LogP contribution in [0.4, 0.5) is 0 Å². The van der Waals surface area contributed by atoms with Gasteiger partial charge in [0.05, 0.1) is 6.67 Å². The maximum atomic E-state index is 2.74. The molecule has 2 nitrogen and oxygen atoms in total. The Labute approximate surface area is 186 Å². The molecule has 1 saturated heterocycles. The maximum absolute atomic E-state index is 2.74. The number of allylic oxidation sites excluding steroid dienone is 8. The van der Waals surface area contributed by atoms with Crippen molar-refractivity contribution >= 4 is 0 Å². The van der Waals surface area contributed by atoms with Crippen molar-refractivity contribution in [1.82, 2.24) is 9.80 Å². The van der Waals surface area contributed by atoms with E-state index in [1.54, 1.807) is 22.5 Å². The summed E-state index contributed by atoms with van der Waals surface area (Å²) in [7, 11) is 0. The second-order valence-corrected chi connectivity index (χ2v) is 11.1. The number of nitrogens with zero attached hydrogens (tertiary/aromatic N) is 2. The van der Waals surface area contributed by atoms with Crippen molar-refractivity contribution < 1.29 is 0 Å². The number of hydrogen-bond acceptors (Lipinski definition) is 2. The molecule has 1 aliphatic heterocycles. The van der Waals surface area contributed by atoms with Crippen LogP contribution in [0.3, 0.4) is 0 Å². The molecule has 0 aromatic heterocycles. The molecule has 0 aromatic carbocycles. The summed E-state index contributed by atoms with van der Waals surface area (Å²) in [6.07, 6.45) is 10.9. The van der Waals surface area contributed by atoms with Gasteiger partial charge in [-0.1, -0.05) is 86.6 Å². The second-order valence-electron chi connectivity index (χ2n) is 11.1. The van der Waals surface area contributed by atoms with E-state index in [1.165, 1.54) is 6.42 Å². The van der Waals surface area contributed by atoms with Gasteiger partial charge in [-0.25, -0.2) is 0 Å². The van der Waals surface area contributed by atoms with Crippen molar-refractivity contribution in [3.05, 3.63) is 46.8 Å². The second kappa shape index (κ2) is 9.37. The van der Waals surface area contributed by atoms with Gasteiger partial charge in [0.15, 0.2) is 0 Å². The van der Waals surface area contributed by atoms with Crippen molar-refractivity contribution in [2.24, 2.45) is 41.4 Å². The van der Waals surface area contributed by atoms with E-state index in [2.05, 4.69) is 96.4 Å². The van der Waals surface area contributed by atoms with Crippen molar-refractivity contribution in [1.29, 1.82) is 0 Å². The Morgan fingerprint density at radius 2 is 1.33 bits per heavy atom. The van der Waals surface area contributed by atoms with Crippen LogP contribution in [0.25, 0.3) is 0 Å². The summed E-state index contributed by atoms with van der Waals surface area (Å²) >= 11 is 0. The Balaban J connectivity index is 1.97. The average molecular weight is 411 g/mol. The largest absolute Gasteiger partial charge is 0.355 e. The summed E-state index contributed by atoms with van der Waals surface area (Å²) in [6, 6.07) is 0. The Hall–Kier alpha value is -1.44. The minimum atomic E-state index is 0.575. The molecule has 0 saturated carbocycles. The number of hydrogen-bond donors (Lipinski definition) is 0. The molecule has 3 aliphatic rings. The first-order chi connectivity index (χ1) is 14.1. The van der Waals surface area contributed by atoms with Crippen LogP contribution in [0.1, 0.15) is 68.7 Å².